The Morgan fingerprint density at radius 1 is 1.61 bits per heavy atom. The molecule has 18 heavy (non-hydrogen) atoms. The predicted octanol–water partition coefficient (Wildman–Crippen LogP) is 4.15. The Labute approximate surface area is 113 Å². The first-order valence-electron chi connectivity index (χ1n) is 6.21. The molecule has 2 heterocycles. The number of nitrogens with zero attached hydrogens (tertiary/aromatic N) is 2. The van der Waals surface area contributed by atoms with Crippen LogP contribution in [0.3, 0.4) is 0 Å². The van der Waals surface area contributed by atoms with Crippen LogP contribution >= 0.6 is 11.8 Å². The topological polar surface area (TPSA) is 25.8 Å². The second-order valence-electron chi connectivity index (χ2n) is 4.40. The van der Waals surface area contributed by atoms with Crippen molar-refractivity contribution < 1.29 is 0 Å². The van der Waals surface area contributed by atoms with Gasteiger partial charge in [0.1, 0.15) is 6.33 Å². The van der Waals surface area contributed by atoms with Gasteiger partial charge in [-0.1, -0.05) is 25.7 Å². The predicted molar refractivity (Wildman–Crippen MR) is 79.3 cm³/mol. The van der Waals surface area contributed by atoms with Gasteiger partial charge in [0.15, 0.2) is 0 Å². The lowest BCUT2D eigenvalue weighted by molar-refractivity contribution is 0.849. The molecule has 0 saturated carbocycles. The van der Waals surface area contributed by atoms with Crippen LogP contribution in [0.5, 0.6) is 0 Å². The molecule has 0 spiro atoms. The van der Waals surface area contributed by atoms with Crippen LogP contribution < -0.4 is 0 Å². The third kappa shape index (κ3) is 3.10. The number of hydrogen-bond acceptors (Lipinski definition) is 3. The Kier molecular flexibility index (Phi) is 4.37. The third-order valence-electron chi connectivity index (χ3n) is 3.01. The molecule has 0 amide bonds. The maximum Gasteiger partial charge on any atom is 0.116 e. The Morgan fingerprint density at radius 3 is 3.11 bits per heavy atom. The first-order chi connectivity index (χ1) is 8.70. The minimum atomic E-state index is 0.728. The lowest BCUT2D eigenvalue weighted by Gasteiger charge is -2.06. The van der Waals surface area contributed by atoms with Gasteiger partial charge in [0.2, 0.25) is 0 Å². The molecule has 1 aliphatic rings. The number of hydrogen-bond donors (Lipinski definition) is 0. The lowest BCUT2D eigenvalue weighted by Crippen LogP contribution is -1.92. The van der Waals surface area contributed by atoms with Crippen molar-refractivity contribution in [2.24, 2.45) is 0 Å². The third-order valence-corrected chi connectivity index (χ3v) is 4.55. The van der Waals surface area contributed by atoms with E-state index in [9.17, 15) is 0 Å². The van der Waals surface area contributed by atoms with Gasteiger partial charge in [-0.15, -0.1) is 11.8 Å². The van der Waals surface area contributed by atoms with Crippen LogP contribution in [0, 0.1) is 6.92 Å². The molecule has 0 bridgehead atoms. The van der Waals surface area contributed by atoms with E-state index >= 15 is 0 Å². The average Bonchev–Trinajstić information content (AvgIpc) is 2.86. The number of aromatic nitrogens is 2. The fourth-order valence-electron chi connectivity index (χ4n) is 1.82. The molecule has 2 nitrogen and oxygen atoms in total. The second-order valence-corrected chi connectivity index (χ2v) is 5.74. The minimum Gasteiger partial charge on any atom is -0.245 e. The van der Waals surface area contributed by atoms with Gasteiger partial charge < -0.3 is 0 Å². The smallest absolute Gasteiger partial charge is 0.116 e. The molecule has 0 aliphatic carbocycles. The maximum absolute atomic E-state index is 4.24. The van der Waals surface area contributed by atoms with Crippen molar-refractivity contribution in [2.75, 3.05) is 0 Å². The van der Waals surface area contributed by atoms with Crippen LogP contribution in [0.2, 0.25) is 0 Å². The summed E-state index contributed by atoms with van der Waals surface area (Å²) in [7, 11) is 0. The van der Waals surface area contributed by atoms with Crippen LogP contribution in [-0.4, -0.2) is 15.2 Å². The molecule has 1 aromatic heterocycles. The van der Waals surface area contributed by atoms with Gasteiger partial charge in [0, 0.05) is 16.4 Å². The average molecular weight is 258 g/mol. The van der Waals surface area contributed by atoms with Crippen LogP contribution in [0.1, 0.15) is 31.0 Å². The molecular formula is C15H18N2S. The molecule has 1 atom stereocenters. The fourth-order valence-corrected chi connectivity index (χ4v) is 2.95. The second kappa shape index (κ2) is 6.01. The SMILES string of the molecule is C=C(/C=C\c1ncncc1C)C1=CCC(CC)S1. The summed E-state index contributed by atoms with van der Waals surface area (Å²) in [6.45, 7) is 8.38. The molecule has 1 aromatic rings. The highest BCUT2D eigenvalue weighted by molar-refractivity contribution is 8.04. The summed E-state index contributed by atoms with van der Waals surface area (Å²) in [6, 6.07) is 0. The highest BCUT2D eigenvalue weighted by Gasteiger charge is 2.16. The van der Waals surface area contributed by atoms with E-state index in [-0.39, 0.29) is 0 Å². The highest BCUT2D eigenvalue weighted by Crippen LogP contribution is 2.38. The number of rotatable bonds is 4. The molecule has 0 N–H and O–H groups in total. The maximum atomic E-state index is 4.24. The highest BCUT2D eigenvalue weighted by atomic mass is 32.2. The van der Waals surface area contributed by atoms with Crippen molar-refractivity contribution >= 4 is 17.8 Å². The van der Waals surface area contributed by atoms with E-state index in [1.54, 1.807) is 6.33 Å². The van der Waals surface area contributed by atoms with Gasteiger partial charge in [-0.3, -0.25) is 0 Å². The molecule has 3 heteroatoms. The van der Waals surface area contributed by atoms with Gasteiger partial charge in [0.05, 0.1) is 5.69 Å². The summed E-state index contributed by atoms with van der Waals surface area (Å²) in [6.07, 6.45) is 12.1. The van der Waals surface area contributed by atoms with Crippen molar-refractivity contribution in [3.63, 3.8) is 0 Å². The molecule has 1 unspecified atom stereocenters. The van der Waals surface area contributed by atoms with Crippen molar-refractivity contribution in [2.45, 2.75) is 31.9 Å². The first kappa shape index (κ1) is 13.1. The summed E-state index contributed by atoms with van der Waals surface area (Å²) in [5.74, 6) is 0. The summed E-state index contributed by atoms with van der Waals surface area (Å²) in [5.41, 5.74) is 3.12. The van der Waals surface area contributed by atoms with Crippen molar-refractivity contribution in [1.82, 2.24) is 9.97 Å². The van der Waals surface area contributed by atoms with Crippen molar-refractivity contribution in [3.05, 3.63) is 53.0 Å². The molecular weight excluding hydrogens is 240 g/mol. The van der Waals surface area contributed by atoms with E-state index in [1.807, 2.05) is 37.0 Å². The van der Waals surface area contributed by atoms with Gasteiger partial charge in [-0.25, -0.2) is 9.97 Å². The molecule has 0 aromatic carbocycles. The summed E-state index contributed by atoms with van der Waals surface area (Å²) < 4.78 is 0. The van der Waals surface area contributed by atoms with Gasteiger partial charge in [0.25, 0.3) is 0 Å². The Morgan fingerprint density at radius 2 is 2.44 bits per heavy atom. The van der Waals surface area contributed by atoms with E-state index in [2.05, 4.69) is 29.5 Å². The quantitative estimate of drug-likeness (QED) is 0.759. The molecule has 0 radical (unpaired) electrons. The largest absolute Gasteiger partial charge is 0.245 e. The van der Waals surface area contributed by atoms with Gasteiger partial charge in [-0.2, -0.15) is 0 Å². The monoisotopic (exact) mass is 258 g/mol. The van der Waals surface area contributed by atoms with Gasteiger partial charge in [-0.05, 0) is 37.0 Å². The molecule has 0 saturated heterocycles. The van der Waals surface area contributed by atoms with Crippen LogP contribution in [0.15, 0.2) is 41.7 Å². The zero-order valence-corrected chi connectivity index (χ0v) is 11.7. The summed E-state index contributed by atoms with van der Waals surface area (Å²) >= 11 is 1.94. The van der Waals surface area contributed by atoms with E-state index < -0.39 is 0 Å². The number of allylic oxidation sites excluding steroid dienone is 3. The molecule has 1 aliphatic heterocycles. The number of thioether (sulfide) groups is 1. The van der Waals surface area contributed by atoms with E-state index in [0.717, 1.165) is 28.5 Å². The minimum absolute atomic E-state index is 0.728. The van der Waals surface area contributed by atoms with Crippen molar-refractivity contribution in [3.8, 4) is 0 Å². The van der Waals surface area contributed by atoms with E-state index in [1.165, 1.54) is 11.3 Å². The molecule has 94 valence electrons. The van der Waals surface area contributed by atoms with Crippen LogP contribution in [0.4, 0.5) is 0 Å². The van der Waals surface area contributed by atoms with Gasteiger partial charge >= 0.3 is 0 Å². The molecule has 0 fully saturated rings. The Bertz CT molecular complexity index is 503. The van der Waals surface area contributed by atoms with Crippen LogP contribution in [-0.2, 0) is 0 Å². The Balaban J connectivity index is 2.02. The van der Waals surface area contributed by atoms with E-state index in [0.29, 0.717) is 0 Å². The zero-order valence-electron chi connectivity index (χ0n) is 10.9. The van der Waals surface area contributed by atoms with Crippen molar-refractivity contribution in [1.29, 1.82) is 0 Å². The zero-order chi connectivity index (χ0) is 13.0. The fraction of sp³-hybridized carbons (Fsp3) is 0.333. The standard InChI is InChI=1S/C15H18N2S/c1-4-13-6-8-15(18-13)11(2)5-7-14-12(3)9-16-10-17-14/h5,7-10,13H,2,4,6H2,1,3H3/b7-5-. The number of aryl methyl sites for hydroxylation is 1. The Hall–Kier alpha value is -1.35. The molecule has 2 rings (SSSR count). The normalized spacial score (nSPS) is 19.2. The summed E-state index contributed by atoms with van der Waals surface area (Å²) in [4.78, 5) is 9.54. The first-order valence-corrected chi connectivity index (χ1v) is 7.09. The lowest BCUT2D eigenvalue weighted by atomic mass is 10.1. The van der Waals surface area contributed by atoms with Crippen LogP contribution in [0.25, 0.3) is 6.08 Å². The summed E-state index contributed by atoms with van der Waals surface area (Å²) in [5, 5.41) is 0.728. The van der Waals surface area contributed by atoms with E-state index in [4.69, 9.17) is 0 Å².